The van der Waals surface area contributed by atoms with Crippen LogP contribution in [0.1, 0.15) is 26.2 Å². The van der Waals surface area contributed by atoms with Crippen molar-refractivity contribution in [1.29, 1.82) is 0 Å². The lowest BCUT2D eigenvalue weighted by atomic mass is 10.1. The summed E-state index contributed by atoms with van der Waals surface area (Å²) >= 11 is 0. The van der Waals surface area contributed by atoms with Gasteiger partial charge in [-0.05, 0) is 26.2 Å². The monoisotopic (exact) mass is 245 g/mol. The summed E-state index contributed by atoms with van der Waals surface area (Å²) in [5.74, 6) is 0.147. The van der Waals surface area contributed by atoms with Crippen LogP contribution >= 0.6 is 0 Å². The minimum Gasteiger partial charge on any atom is -0.377 e. The van der Waals surface area contributed by atoms with Crippen molar-refractivity contribution in [3.8, 4) is 0 Å². The first-order chi connectivity index (χ1) is 7.58. The molecule has 4 nitrogen and oxygen atoms in total. The molecule has 0 amide bonds. The van der Waals surface area contributed by atoms with E-state index in [0.717, 1.165) is 24.8 Å². The highest BCUT2D eigenvalue weighted by Crippen LogP contribution is 2.19. The number of rotatable bonds is 3. The molecule has 2 rings (SSSR count). The highest BCUT2D eigenvalue weighted by molar-refractivity contribution is 7.89. The normalized spacial score (nSPS) is 28.1. The molecule has 2 aliphatic heterocycles. The van der Waals surface area contributed by atoms with Crippen molar-refractivity contribution in [3.63, 3.8) is 0 Å². The molecule has 92 valence electrons. The topological polar surface area (TPSA) is 46.6 Å². The predicted octanol–water partition coefficient (Wildman–Crippen LogP) is 1.15. The molecule has 1 atom stereocenters. The Morgan fingerprint density at radius 3 is 2.88 bits per heavy atom. The molecule has 2 heterocycles. The van der Waals surface area contributed by atoms with E-state index in [1.54, 1.807) is 4.31 Å². The Morgan fingerprint density at radius 1 is 1.50 bits per heavy atom. The van der Waals surface area contributed by atoms with Crippen LogP contribution < -0.4 is 0 Å². The van der Waals surface area contributed by atoms with E-state index in [1.807, 2.05) is 13.0 Å². The zero-order valence-electron chi connectivity index (χ0n) is 9.68. The average molecular weight is 245 g/mol. The van der Waals surface area contributed by atoms with E-state index >= 15 is 0 Å². The van der Waals surface area contributed by atoms with Gasteiger partial charge in [0.1, 0.15) is 0 Å². The zero-order valence-corrected chi connectivity index (χ0v) is 10.5. The Balaban J connectivity index is 1.92. The molecule has 16 heavy (non-hydrogen) atoms. The lowest BCUT2D eigenvalue weighted by Gasteiger charge is -2.25. The van der Waals surface area contributed by atoms with Crippen LogP contribution in [0.4, 0.5) is 0 Å². The highest BCUT2D eigenvalue weighted by Gasteiger charge is 2.29. The minimum absolute atomic E-state index is 0.0975. The third kappa shape index (κ3) is 2.84. The summed E-state index contributed by atoms with van der Waals surface area (Å²) in [5, 5.41) is 0. The van der Waals surface area contributed by atoms with Gasteiger partial charge >= 0.3 is 0 Å². The second-order valence-corrected chi connectivity index (χ2v) is 6.62. The SMILES string of the molecule is CC1=CCN(S(=O)(=O)CC2CCCCO2)C1. The Bertz CT molecular complexity index is 369. The molecule has 0 radical (unpaired) electrons. The molecule has 0 aromatic heterocycles. The van der Waals surface area contributed by atoms with Crippen molar-refractivity contribution in [2.75, 3.05) is 25.4 Å². The first kappa shape index (κ1) is 12.1. The summed E-state index contributed by atoms with van der Waals surface area (Å²) in [6, 6.07) is 0. The van der Waals surface area contributed by atoms with E-state index in [0.29, 0.717) is 19.7 Å². The van der Waals surface area contributed by atoms with Gasteiger partial charge in [0.2, 0.25) is 10.0 Å². The fourth-order valence-corrected chi connectivity index (χ4v) is 3.80. The van der Waals surface area contributed by atoms with Crippen LogP contribution in [-0.2, 0) is 14.8 Å². The quantitative estimate of drug-likeness (QED) is 0.701. The van der Waals surface area contributed by atoms with Gasteiger partial charge in [0, 0.05) is 19.7 Å². The standard InChI is InChI=1S/C11H19NO3S/c1-10-5-6-12(8-10)16(13,14)9-11-4-2-3-7-15-11/h5,11H,2-4,6-9H2,1H3. The second kappa shape index (κ2) is 4.85. The number of hydrogen-bond donors (Lipinski definition) is 0. The molecule has 0 bridgehead atoms. The molecule has 0 saturated carbocycles. The van der Waals surface area contributed by atoms with E-state index in [2.05, 4.69) is 0 Å². The first-order valence-corrected chi connectivity index (χ1v) is 7.44. The Morgan fingerprint density at radius 2 is 2.31 bits per heavy atom. The molecule has 0 aromatic rings. The summed E-state index contributed by atoms with van der Waals surface area (Å²) in [6.07, 6.45) is 4.89. The van der Waals surface area contributed by atoms with Gasteiger partial charge in [-0.15, -0.1) is 0 Å². The molecule has 2 aliphatic rings. The van der Waals surface area contributed by atoms with E-state index < -0.39 is 10.0 Å². The molecule has 0 N–H and O–H groups in total. The first-order valence-electron chi connectivity index (χ1n) is 5.83. The molecule has 0 spiro atoms. The molecule has 0 aromatic carbocycles. The maximum atomic E-state index is 12.1. The van der Waals surface area contributed by atoms with Gasteiger partial charge in [0.15, 0.2) is 0 Å². The van der Waals surface area contributed by atoms with Gasteiger partial charge < -0.3 is 4.74 Å². The molecular formula is C11H19NO3S. The fourth-order valence-electron chi connectivity index (χ4n) is 2.16. The number of nitrogens with zero attached hydrogens (tertiary/aromatic N) is 1. The van der Waals surface area contributed by atoms with Gasteiger partial charge in [0.25, 0.3) is 0 Å². The maximum absolute atomic E-state index is 12.1. The van der Waals surface area contributed by atoms with Gasteiger partial charge in [0.05, 0.1) is 11.9 Å². The fraction of sp³-hybridized carbons (Fsp3) is 0.818. The maximum Gasteiger partial charge on any atom is 0.217 e. The molecule has 1 unspecified atom stereocenters. The second-order valence-electron chi connectivity index (χ2n) is 4.61. The molecule has 1 fully saturated rings. The summed E-state index contributed by atoms with van der Waals surface area (Å²) in [4.78, 5) is 0. The highest BCUT2D eigenvalue weighted by atomic mass is 32.2. The van der Waals surface area contributed by atoms with E-state index in [-0.39, 0.29) is 11.9 Å². The van der Waals surface area contributed by atoms with Gasteiger partial charge in [-0.25, -0.2) is 8.42 Å². The van der Waals surface area contributed by atoms with Crippen molar-refractivity contribution < 1.29 is 13.2 Å². The number of sulfonamides is 1. The summed E-state index contributed by atoms with van der Waals surface area (Å²) in [5.41, 5.74) is 1.13. The molecule has 5 heteroatoms. The molecular weight excluding hydrogens is 226 g/mol. The molecule has 0 aliphatic carbocycles. The summed E-state index contributed by atoms with van der Waals surface area (Å²) in [7, 11) is -3.14. The van der Waals surface area contributed by atoms with Crippen LogP contribution in [-0.4, -0.2) is 44.3 Å². The predicted molar refractivity (Wildman–Crippen MR) is 62.7 cm³/mol. The Labute approximate surface area is 97.3 Å². The van der Waals surface area contributed by atoms with Crippen LogP contribution in [0.5, 0.6) is 0 Å². The van der Waals surface area contributed by atoms with E-state index in [1.165, 1.54) is 0 Å². The summed E-state index contributed by atoms with van der Waals surface area (Å²) < 4.78 is 31.1. The van der Waals surface area contributed by atoms with Crippen molar-refractivity contribution in [3.05, 3.63) is 11.6 Å². The van der Waals surface area contributed by atoms with Crippen molar-refractivity contribution in [2.24, 2.45) is 0 Å². The largest absolute Gasteiger partial charge is 0.377 e. The minimum atomic E-state index is -3.14. The lowest BCUT2D eigenvalue weighted by Crippen LogP contribution is -2.37. The Kier molecular flexibility index (Phi) is 3.66. The van der Waals surface area contributed by atoms with Crippen LogP contribution in [0.25, 0.3) is 0 Å². The van der Waals surface area contributed by atoms with Crippen molar-refractivity contribution in [2.45, 2.75) is 32.3 Å². The van der Waals surface area contributed by atoms with Gasteiger partial charge in [-0.1, -0.05) is 11.6 Å². The third-order valence-corrected chi connectivity index (χ3v) is 4.99. The van der Waals surface area contributed by atoms with Crippen LogP contribution in [0, 0.1) is 0 Å². The average Bonchev–Trinajstić information content (AvgIpc) is 2.66. The number of hydrogen-bond acceptors (Lipinski definition) is 3. The van der Waals surface area contributed by atoms with Crippen molar-refractivity contribution >= 4 is 10.0 Å². The lowest BCUT2D eigenvalue weighted by molar-refractivity contribution is 0.0300. The van der Waals surface area contributed by atoms with E-state index in [4.69, 9.17) is 4.74 Å². The smallest absolute Gasteiger partial charge is 0.217 e. The van der Waals surface area contributed by atoms with Gasteiger partial charge in [-0.2, -0.15) is 4.31 Å². The summed E-state index contributed by atoms with van der Waals surface area (Å²) in [6.45, 7) is 3.75. The van der Waals surface area contributed by atoms with Crippen LogP contribution in [0.15, 0.2) is 11.6 Å². The van der Waals surface area contributed by atoms with Crippen molar-refractivity contribution in [1.82, 2.24) is 4.31 Å². The zero-order chi connectivity index (χ0) is 11.6. The van der Waals surface area contributed by atoms with Crippen LogP contribution in [0.3, 0.4) is 0 Å². The van der Waals surface area contributed by atoms with Gasteiger partial charge in [-0.3, -0.25) is 0 Å². The van der Waals surface area contributed by atoms with E-state index in [9.17, 15) is 8.42 Å². The molecule has 1 saturated heterocycles. The van der Waals surface area contributed by atoms with Crippen LogP contribution in [0.2, 0.25) is 0 Å². The third-order valence-electron chi connectivity index (χ3n) is 3.13. The number of ether oxygens (including phenoxy) is 1. The Hall–Kier alpha value is -0.390.